The van der Waals surface area contributed by atoms with E-state index in [0.717, 1.165) is 15.4 Å². The molecule has 9 heteroatoms. The summed E-state index contributed by atoms with van der Waals surface area (Å²) < 4.78 is 26.4. The van der Waals surface area contributed by atoms with Crippen molar-refractivity contribution in [2.24, 2.45) is 0 Å². The third-order valence-corrected chi connectivity index (χ3v) is 6.27. The van der Waals surface area contributed by atoms with Gasteiger partial charge in [-0.15, -0.1) is 0 Å². The Kier molecular flexibility index (Phi) is 7.96. The summed E-state index contributed by atoms with van der Waals surface area (Å²) in [6.45, 7) is 4.40. The highest BCUT2D eigenvalue weighted by atomic mass is 32.2. The summed E-state index contributed by atoms with van der Waals surface area (Å²) in [5, 5.41) is 8.48. The number of carbonyl (C=O) groups excluding carboxylic acids is 2. The van der Waals surface area contributed by atoms with Crippen LogP contribution in [-0.2, 0) is 21.4 Å². The highest BCUT2D eigenvalue weighted by molar-refractivity contribution is 7.89. The zero-order chi connectivity index (χ0) is 22.3. The summed E-state index contributed by atoms with van der Waals surface area (Å²) in [7, 11) is -0.846. The first kappa shape index (κ1) is 23.4. The normalized spacial score (nSPS) is 11.2. The van der Waals surface area contributed by atoms with Gasteiger partial charge in [-0.25, -0.2) is 12.7 Å². The summed E-state index contributed by atoms with van der Waals surface area (Å²) in [5.74, 6) is -0.610. The Morgan fingerprint density at radius 1 is 1.00 bits per heavy atom. The van der Waals surface area contributed by atoms with Crippen molar-refractivity contribution in [3.63, 3.8) is 0 Å². The van der Waals surface area contributed by atoms with Crippen molar-refractivity contribution in [2.45, 2.75) is 25.3 Å². The summed E-state index contributed by atoms with van der Waals surface area (Å²) in [5.41, 5.74) is 2.92. The van der Waals surface area contributed by atoms with Gasteiger partial charge in [0.05, 0.1) is 4.90 Å². The highest BCUT2D eigenvalue weighted by Crippen LogP contribution is 2.22. The predicted molar refractivity (Wildman–Crippen MR) is 117 cm³/mol. The average molecular weight is 433 g/mol. The lowest BCUT2D eigenvalue weighted by Gasteiger charge is -2.16. The molecule has 0 fully saturated rings. The topological polar surface area (TPSA) is 108 Å². The van der Waals surface area contributed by atoms with Crippen LogP contribution in [0.25, 0.3) is 0 Å². The Labute approximate surface area is 177 Å². The Hall–Kier alpha value is -2.91. The van der Waals surface area contributed by atoms with E-state index in [1.807, 2.05) is 31.2 Å². The van der Waals surface area contributed by atoms with E-state index in [4.69, 9.17) is 0 Å². The molecule has 0 radical (unpaired) electrons. The first-order chi connectivity index (χ1) is 14.1. The van der Waals surface area contributed by atoms with Crippen LogP contribution in [0.2, 0.25) is 0 Å². The number of carbonyl (C=O) groups is 2. The van der Waals surface area contributed by atoms with Crippen LogP contribution < -0.4 is 16.0 Å². The first-order valence-electron chi connectivity index (χ1n) is 9.50. The maximum absolute atomic E-state index is 12.6. The summed E-state index contributed by atoms with van der Waals surface area (Å²) in [6, 6.07) is 12.3. The second-order valence-corrected chi connectivity index (χ2v) is 9.20. The van der Waals surface area contributed by atoms with Gasteiger partial charge in [0.2, 0.25) is 15.9 Å². The lowest BCUT2D eigenvalue weighted by atomic mass is 10.1. The van der Waals surface area contributed by atoms with Crippen molar-refractivity contribution in [2.75, 3.05) is 32.5 Å². The molecule has 0 saturated heterocycles. The molecule has 8 nitrogen and oxygen atoms in total. The van der Waals surface area contributed by atoms with Crippen LogP contribution in [-0.4, -0.2) is 51.7 Å². The van der Waals surface area contributed by atoms with Crippen LogP contribution in [0.4, 0.5) is 5.69 Å². The van der Waals surface area contributed by atoms with Crippen LogP contribution in [0.1, 0.15) is 28.4 Å². The minimum atomic E-state index is -3.73. The van der Waals surface area contributed by atoms with Crippen molar-refractivity contribution in [3.8, 4) is 0 Å². The minimum Gasteiger partial charge on any atom is -0.381 e. The molecule has 30 heavy (non-hydrogen) atoms. The van der Waals surface area contributed by atoms with E-state index in [-0.39, 0.29) is 29.5 Å². The van der Waals surface area contributed by atoms with E-state index < -0.39 is 15.9 Å². The summed E-state index contributed by atoms with van der Waals surface area (Å²) in [6.07, 6.45) is 0. The van der Waals surface area contributed by atoms with Gasteiger partial charge in [0.15, 0.2) is 0 Å². The Bertz CT molecular complexity index is 1020. The second-order valence-electron chi connectivity index (χ2n) is 7.05. The molecule has 0 atom stereocenters. The van der Waals surface area contributed by atoms with Crippen molar-refractivity contribution in [1.82, 2.24) is 14.9 Å². The van der Waals surface area contributed by atoms with Gasteiger partial charge >= 0.3 is 0 Å². The van der Waals surface area contributed by atoms with Crippen LogP contribution in [0.15, 0.2) is 47.4 Å². The molecule has 0 aliphatic heterocycles. The molecule has 162 valence electrons. The third-order valence-electron chi connectivity index (χ3n) is 4.48. The molecule has 2 amide bonds. The van der Waals surface area contributed by atoms with Gasteiger partial charge in [0, 0.05) is 51.9 Å². The number of hydrogen-bond acceptors (Lipinski definition) is 5. The van der Waals surface area contributed by atoms with Gasteiger partial charge in [0.1, 0.15) is 0 Å². The number of aryl methyl sites for hydroxylation is 1. The van der Waals surface area contributed by atoms with E-state index in [0.29, 0.717) is 12.2 Å². The smallest absolute Gasteiger partial charge is 0.251 e. The van der Waals surface area contributed by atoms with Gasteiger partial charge in [-0.3, -0.25) is 9.59 Å². The molecule has 0 aliphatic carbocycles. The van der Waals surface area contributed by atoms with E-state index in [1.54, 1.807) is 6.07 Å². The first-order valence-corrected chi connectivity index (χ1v) is 10.9. The van der Waals surface area contributed by atoms with Crippen molar-refractivity contribution < 1.29 is 18.0 Å². The van der Waals surface area contributed by atoms with Crippen LogP contribution in [0, 0.1) is 6.92 Å². The number of hydrogen-bond donors (Lipinski definition) is 3. The van der Waals surface area contributed by atoms with E-state index in [2.05, 4.69) is 16.0 Å². The minimum absolute atomic E-state index is 0.0225. The zero-order valence-corrected chi connectivity index (χ0v) is 18.5. The molecule has 0 heterocycles. The Morgan fingerprint density at radius 2 is 1.67 bits per heavy atom. The fraction of sp³-hybridized carbons (Fsp3) is 0.333. The monoisotopic (exact) mass is 432 g/mol. The van der Waals surface area contributed by atoms with Gasteiger partial charge in [-0.1, -0.05) is 24.3 Å². The number of nitrogens with zero attached hydrogens (tertiary/aromatic N) is 1. The van der Waals surface area contributed by atoms with Gasteiger partial charge in [-0.05, 0) is 36.2 Å². The Balaban J connectivity index is 2.27. The SMILES string of the molecule is CC(=O)NCCNC(=O)c1cc(NCc2ccccc2C)cc(S(=O)(=O)N(C)C)c1. The number of nitrogens with one attached hydrogen (secondary N) is 3. The second kappa shape index (κ2) is 10.2. The largest absolute Gasteiger partial charge is 0.381 e. The molecule has 2 aromatic rings. The molecule has 2 aromatic carbocycles. The number of rotatable bonds is 9. The standard InChI is InChI=1S/C21H28N4O4S/c1-15-7-5-6-8-17(15)14-24-19-11-18(21(27)23-10-9-22-16(2)26)12-20(13-19)30(28,29)25(3)4/h5-8,11-13,24H,9-10,14H2,1-4H3,(H,22,26)(H,23,27). The summed E-state index contributed by atoms with van der Waals surface area (Å²) in [4.78, 5) is 23.5. The number of amides is 2. The van der Waals surface area contributed by atoms with Crippen LogP contribution in [0.3, 0.4) is 0 Å². The van der Waals surface area contributed by atoms with Crippen molar-refractivity contribution in [3.05, 3.63) is 59.2 Å². The molecule has 0 bridgehead atoms. The van der Waals surface area contributed by atoms with E-state index in [1.165, 1.54) is 33.2 Å². The molecule has 0 unspecified atom stereocenters. The highest BCUT2D eigenvalue weighted by Gasteiger charge is 2.20. The van der Waals surface area contributed by atoms with Crippen molar-refractivity contribution >= 4 is 27.5 Å². The molecule has 0 aromatic heterocycles. The maximum atomic E-state index is 12.6. The zero-order valence-electron chi connectivity index (χ0n) is 17.7. The molecular weight excluding hydrogens is 404 g/mol. The number of sulfonamides is 1. The summed E-state index contributed by atoms with van der Waals surface area (Å²) >= 11 is 0. The van der Waals surface area contributed by atoms with Crippen molar-refractivity contribution in [1.29, 1.82) is 0 Å². The quantitative estimate of drug-likeness (QED) is 0.523. The lowest BCUT2D eigenvalue weighted by molar-refractivity contribution is -0.118. The van der Waals surface area contributed by atoms with E-state index in [9.17, 15) is 18.0 Å². The number of benzene rings is 2. The maximum Gasteiger partial charge on any atom is 0.251 e. The fourth-order valence-electron chi connectivity index (χ4n) is 2.71. The molecule has 0 aliphatic rings. The van der Waals surface area contributed by atoms with Crippen LogP contribution in [0.5, 0.6) is 0 Å². The third kappa shape index (κ3) is 6.30. The van der Waals surface area contributed by atoms with Gasteiger partial charge in [-0.2, -0.15) is 0 Å². The average Bonchev–Trinajstić information content (AvgIpc) is 2.70. The molecule has 0 spiro atoms. The predicted octanol–water partition coefficient (Wildman–Crippen LogP) is 1.72. The van der Waals surface area contributed by atoms with Crippen LogP contribution >= 0.6 is 0 Å². The lowest BCUT2D eigenvalue weighted by Crippen LogP contribution is -2.33. The Morgan fingerprint density at radius 3 is 2.30 bits per heavy atom. The van der Waals surface area contributed by atoms with E-state index >= 15 is 0 Å². The molecule has 3 N–H and O–H groups in total. The number of anilines is 1. The molecule has 0 saturated carbocycles. The molecule has 2 rings (SSSR count). The fourth-order valence-corrected chi connectivity index (χ4v) is 3.69. The molecular formula is C21H28N4O4S. The van der Waals surface area contributed by atoms with Gasteiger partial charge < -0.3 is 16.0 Å². The van der Waals surface area contributed by atoms with Gasteiger partial charge in [0.25, 0.3) is 5.91 Å².